The number of carbonyl (C=O) groups excluding carboxylic acids is 1. The number of aromatic nitrogens is 1. The second-order valence-electron chi connectivity index (χ2n) is 10.8. The first-order chi connectivity index (χ1) is 19.3. The van der Waals surface area contributed by atoms with Gasteiger partial charge in [0, 0.05) is 41.0 Å². The van der Waals surface area contributed by atoms with Crippen LogP contribution in [0.4, 0.5) is 10.2 Å². The number of amides is 1. The van der Waals surface area contributed by atoms with E-state index in [1.54, 1.807) is 6.07 Å². The second kappa shape index (κ2) is 12.2. The van der Waals surface area contributed by atoms with Gasteiger partial charge in [0.25, 0.3) is 5.91 Å². The van der Waals surface area contributed by atoms with Crippen LogP contribution < -0.4 is 5.32 Å². The van der Waals surface area contributed by atoms with Crippen LogP contribution in [0.15, 0.2) is 73.0 Å². The lowest BCUT2D eigenvalue weighted by molar-refractivity contribution is 0.0789. The number of benzene rings is 2. The van der Waals surface area contributed by atoms with Crippen molar-refractivity contribution in [3.63, 3.8) is 0 Å². The van der Waals surface area contributed by atoms with E-state index in [2.05, 4.69) is 42.9 Å². The molecule has 3 atom stereocenters. The standard InChI is InChI=1S/C33H34Cl2FN3O/c1-4-6-7-21(5-2)24-14-15-39(19-24)33(40)23-10-8-22(9-11-23)26-17-25-16-20(3)31(38-32(25)37-18-26)29-27(34)12-13-28(36)30(29)35/h4-5,8-13,17-18,20,24,31H,1,6-7,14-16,19H2,2-3H3,(H,37,38)/b21-5+. The van der Waals surface area contributed by atoms with Gasteiger partial charge in [0.2, 0.25) is 0 Å². The molecule has 1 saturated heterocycles. The smallest absolute Gasteiger partial charge is 0.253 e. The number of hydrogen-bond acceptors (Lipinski definition) is 3. The van der Waals surface area contributed by atoms with Gasteiger partial charge < -0.3 is 10.2 Å². The minimum absolute atomic E-state index is 0.0472. The van der Waals surface area contributed by atoms with Gasteiger partial charge >= 0.3 is 0 Å². The van der Waals surface area contributed by atoms with Crippen LogP contribution in [0, 0.1) is 17.7 Å². The highest BCUT2D eigenvalue weighted by atomic mass is 35.5. The van der Waals surface area contributed by atoms with E-state index in [0.29, 0.717) is 22.1 Å². The van der Waals surface area contributed by atoms with Crippen LogP contribution in [0.2, 0.25) is 10.0 Å². The number of halogens is 3. The fourth-order valence-electron chi connectivity index (χ4n) is 5.98. The number of pyridine rings is 1. The second-order valence-corrected chi connectivity index (χ2v) is 11.6. The summed E-state index contributed by atoms with van der Waals surface area (Å²) in [6, 6.07) is 12.5. The minimum Gasteiger partial charge on any atom is -0.363 e. The van der Waals surface area contributed by atoms with Gasteiger partial charge in [-0.25, -0.2) is 9.37 Å². The molecule has 1 N–H and O–H groups in total. The Balaban J connectivity index is 1.29. The highest BCUT2D eigenvalue weighted by Crippen LogP contribution is 2.42. The highest BCUT2D eigenvalue weighted by molar-refractivity contribution is 6.36. The van der Waals surface area contributed by atoms with Crippen molar-refractivity contribution < 1.29 is 9.18 Å². The third-order valence-electron chi connectivity index (χ3n) is 8.23. The number of rotatable bonds is 7. The van der Waals surface area contributed by atoms with Crippen LogP contribution in [0.1, 0.15) is 60.6 Å². The first kappa shape index (κ1) is 28.4. The molecule has 4 nitrogen and oxygen atoms in total. The Labute approximate surface area is 245 Å². The lowest BCUT2D eigenvalue weighted by Crippen LogP contribution is -2.28. The van der Waals surface area contributed by atoms with E-state index in [0.717, 1.165) is 61.3 Å². The number of anilines is 1. The maximum Gasteiger partial charge on any atom is 0.253 e. The first-order valence-electron chi connectivity index (χ1n) is 13.8. The van der Waals surface area contributed by atoms with E-state index in [9.17, 15) is 9.18 Å². The van der Waals surface area contributed by atoms with E-state index in [1.807, 2.05) is 41.4 Å². The number of nitrogens with zero attached hydrogens (tertiary/aromatic N) is 2. The van der Waals surface area contributed by atoms with Gasteiger partial charge in [0.05, 0.1) is 11.1 Å². The number of likely N-dealkylation sites (tertiary alicyclic amines) is 1. The summed E-state index contributed by atoms with van der Waals surface area (Å²) in [6.45, 7) is 9.56. The molecule has 3 aromatic rings. The maximum atomic E-state index is 14.2. The molecule has 7 heteroatoms. The summed E-state index contributed by atoms with van der Waals surface area (Å²) in [5.74, 6) is 0.883. The Morgan fingerprint density at radius 2 is 1.98 bits per heavy atom. The zero-order valence-corrected chi connectivity index (χ0v) is 24.4. The predicted molar refractivity (Wildman–Crippen MR) is 163 cm³/mol. The van der Waals surface area contributed by atoms with E-state index in [4.69, 9.17) is 23.2 Å². The lowest BCUT2D eigenvalue weighted by atomic mass is 9.85. The zero-order valence-electron chi connectivity index (χ0n) is 22.9. The molecule has 0 bridgehead atoms. The number of nitrogens with one attached hydrogen (secondary N) is 1. The molecule has 3 heterocycles. The van der Waals surface area contributed by atoms with Crippen molar-refractivity contribution in [2.75, 3.05) is 18.4 Å². The SMILES string of the molecule is C=CCC/C(=C\C)C1CCN(C(=O)c2ccc(-c3cnc4c(c3)CC(C)C(c3c(Cl)ccc(F)c3Cl)N4)cc2)C1. The summed E-state index contributed by atoms with van der Waals surface area (Å²) < 4.78 is 14.2. The summed E-state index contributed by atoms with van der Waals surface area (Å²) in [5.41, 5.74) is 5.74. The van der Waals surface area contributed by atoms with Crippen molar-refractivity contribution in [3.8, 4) is 11.1 Å². The normalized spacial score (nSPS) is 20.7. The molecule has 1 aromatic heterocycles. The summed E-state index contributed by atoms with van der Waals surface area (Å²) in [4.78, 5) is 19.9. The van der Waals surface area contributed by atoms with Crippen molar-refractivity contribution in [1.29, 1.82) is 0 Å². The quantitative estimate of drug-likeness (QED) is 0.225. The van der Waals surface area contributed by atoms with Crippen molar-refractivity contribution >= 4 is 34.9 Å². The van der Waals surface area contributed by atoms with Crippen LogP contribution in [0.3, 0.4) is 0 Å². The summed E-state index contributed by atoms with van der Waals surface area (Å²) >= 11 is 12.7. The lowest BCUT2D eigenvalue weighted by Gasteiger charge is -2.33. The van der Waals surface area contributed by atoms with Gasteiger partial charge in [-0.05, 0) is 85.9 Å². The summed E-state index contributed by atoms with van der Waals surface area (Å²) in [7, 11) is 0. The molecule has 5 rings (SSSR count). The van der Waals surface area contributed by atoms with Gasteiger partial charge in [-0.1, -0.05) is 60.0 Å². The van der Waals surface area contributed by atoms with Crippen molar-refractivity contribution in [2.24, 2.45) is 11.8 Å². The Hall–Kier alpha value is -3.15. The fourth-order valence-corrected chi connectivity index (χ4v) is 6.59. The van der Waals surface area contributed by atoms with Gasteiger partial charge in [-0.3, -0.25) is 4.79 Å². The Bertz CT molecular complexity index is 1450. The van der Waals surface area contributed by atoms with E-state index < -0.39 is 5.82 Å². The molecule has 0 spiro atoms. The van der Waals surface area contributed by atoms with E-state index in [-0.39, 0.29) is 22.9 Å². The average molecular weight is 579 g/mol. The van der Waals surface area contributed by atoms with Gasteiger partial charge in [-0.2, -0.15) is 0 Å². The van der Waals surface area contributed by atoms with Gasteiger partial charge in [-0.15, -0.1) is 6.58 Å². The number of fused-ring (bicyclic) bond motifs is 1. The monoisotopic (exact) mass is 577 g/mol. The summed E-state index contributed by atoms with van der Waals surface area (Å²) in [5, 5.41) is 3.91. The van der Waals surface area contributed by atoms with Crippen LogP contribution >= 0.6 is 23.2 Å². The molecule has 0 radical (unpaired) electrons. The molecular weight excluding hydrogens is 544 g/mol. The maximum absolute atomic E-state index is 14.2. The molecule has 2 aromatic carbocycles. The number of hydrogen-bond donors (Lipinski definition) is 1. The van der Waals surface area contributed by atoms with Crippen LogP contribution in [-0.2, 0) is 6.42 Å². The van der Waals surface area contributed by atoms with Crippen molar-refractivity contribution in [1.82, 2.24) is 9.88 Å². The van der Waals surface area contributed by atoms with Crippen LogP contribution in [-0.4, -0.2) is 28.9 Å². The third-order valence-corrected chi connectivity index (χ3v) is 8.95. The average Bonchev–Trinajstić information content (AvgIpc) is 3.45. The number of carbonyl (C=O) groups is 1. The molecule has 0 aliphatic carbocycles. The van der Waals surface area contributed by atoms with Gasteiger partial charge in [0.15, 0.2) is 0 Å². The van der Waals surface area contributed by atoms with Gasteiger partial charge in [0.1, 0.15) is 11.6 Å². The largest absolute Gasteiger partial charge is 0.363 e. The molecule has 2 aliphatic heterocycles. The molecule has 2 aliphatic rings. The fraction of sp³-hybridized carbons (Fsp3) is 0.333. The molecule has 1 fully saturated rings. The first-order valence-corrected chi connectivity index (χ1v) is 14.6. The van der Waals surface area contributed by atoms with E-state index >= 15 is 0 Å². The van der Waals surface area contributed by atoms with Crippen LogP contribution in [0.25, 0.3) is 11.1 Å². The summed E-state index contributed by atoms with van der Waals surface area (Å²) in [6.07, 6.45) is 9.69. The molecule has 1 amide bonds. The molecule has 3 unspecified atom stereocenters. The molecule has 208 valence electrons. The predicted octanol–water partition coefficient (Wildman–Crippen LogP) is 8.91. The third kappa shape index (κ3) is 5.68. The molecule has 40 heavy (non-hydrogen) atoms. The van der Waals surface area contributed by atoms with Crippen molar-refractivity contribution in [2.45, 2.75) is 45.6 Å². The number of allylic oxidation sites excluding steroid dienone is 2. The Kier molecular flexibility index (Phi) is 8.62. The molecular formula is C33H34Cl2FN3O. The molecule has 0 saturated carbocycles. The Morgan fingerprint density at radius 1 is 1.20 bits per heavy atom. The Morgan fingerprint density at radius 3 is 2.70 bits per heavy atom. The highest BCUT2D eigenvalue weighted by Gasteiger charge is 2.32. The topological polar surface area (TPSA) is 45.2 Å². The van der Waals surface area contributed by atoms with E-state index in [1.165, 1.54) is 11.6 Å². The van der Waals surface area contributed by atoms with Crippen molar-refractivity contribution in [3.05, 3.63) is 106 Å². The van der Waals surface area contributed by atoms with Crippen LogP contribution in [0.5, 0.6) is 0 Å². The zero-order chi connectivity index (χ0) is 28.4. The minimum atomic E-state index is -0.485.